The van der Waals surface area contributed by atoms with Crippen LogP contribution >= 0.6 is 0 Å². The van der Waals surface area contributed by atoms with Gasteiger partial charge in [-0.1, -0.05) is 20.8 Å². The molecule has 0 saturated heterocycles. The van der Waals surface area contributed by atoms with Gasteiger partial charge in [-0.2, -0.15) is 5.10 Å². The second-order valence-corrected chi connectivity index (χ2v) is 6.48. The summed E-state index contributed by atoms with van der Waals surface area (Å²) in [6.07, 6.45) is 2.25. The summed E-state index contributed by atoms with van der Waals surface area (Å²) in [5.41, 5.74) is 5.64. The molecular formula is C11H22N4O3S. The Kier molecular flexibility index (Phi) is 5.33. The fourth-order valence-corrected chi connectivity index (χ4v) is 3.06. The van der Waals surface area contributed by atoms with Crippen LogP contribution in [0.4, 0.5) is 5.82 Å². The molecular weight excluding hydrogens is 268 g/mol. The standard InChI is InChI=1S/C11H22N4O3S/c1-4-5-15-6-10(11(12)13-15)19(17,18)14-9(7-16)8(2)3/h6,8-9,14,16H,4-5,7H2,1-3H3,(H2,12,13). The number of aryl methyl sites for hydroxylation is 1. The fourth-order valence-electron chi connectivity index (χ4n) is 1.62. The number of rotatable bonds is 7. The first-order chi connectivity index (χ1) is 8.81. The van der Waals surface area contributed by atoms with Crippen LogP contribution in [0.15, 0.2) is 11.1 Å². The summed E-state index contributed by atoms with van der Waals surface area (Å²) in [4.78, 5) is -0.0416. The predicted octanol–water partition coefficient (Wildman–Crippen LogP) is 0.171. The summed E-state index contributed by atoms with van der Waals surface area (Å²) in [6, 6.07) is -0.543. The number of nitrogens with one attached hydrogen (secondary N) is 1. The van der Waals surface area contributed by atoms with Crippen molar-refractivity contribution in [3.05, 3.63) is 6.20 Å². The van der Waals surface area contributed by atoms with Crippen molar-refractivity contribution in [2.45, 2.75) is 44.7 Å². The van der Waals surface area contributed by atoms with Gasteiger partial charge in [0.25, 0.3) is 0 Å². The lowest BCUT2D eigenvalue weighted by Crippen LogP contribution is -2.41. The topological polar surface area (TPSA) is 110 Å². The zero-order chi connectivity index (χ0) is 14.6. The monoisotopic (exact) mass is 290 g/mol. The van der Waals surface area contributed by atoms with Gasteiger partial charge >= 0.3 is 0 Å². The molecule has 0 aliphatic heterocycles. The lowest BCUT2D eigenvalue weighted by Gasteiger charge is -2.19. The molecule has 1 atom stereocenters. The van der Waals surface area contributed by atoms with E-state index in [1.807, 2.05) is 20.8 Å². The molecule has 0 aliphatic carbocycles. The number of nitrogen functional groups attached to an aromatic ring is 1. The molecule has 1 rings (SSSR count). The van der Waals surface area contributed by atoms with E-state index in [1.165, 1.54) is 10.9 Å². The molecule has 19 heavy (non-hydrogen) atoms. The van der Waals surface area contributed by atoms with Crippen LogP contribution in [0.3, 0.4) is 0 Å². The molecule has 0 bridgehead atoms. The second kappa shape index (κ2) is 6.36. The SMILES string of the molecule is CCCn1cc(S(=O)(=O)NC(CO)C(C)C)c(N)n1. The number of nitrogens with two attached hydrogens (primary N) is 1. The first kappa shape index (κ1) is 15.9. The van der Waals surface area contributed by atoms with E-state index in [2.05, 4.69) is 9.82 Å². The highest BCUT2D eigenvalue weighted by atomic mass is 32.2. The van der Waals surface area contributed by atoms with Crippen LogP contribution in [0.2, 0.25) is 0 Å². The molecule has 0 fully saturated rings. The van der Waals surface area contributed by atoms with Crippen molar-refractivity contribution in [2.75, 3.05) is 12.3 Å². The van der Waals surface area contributed by atoms with Crippen LogP contribution in [0.5, 0.6) is 0 Å². The van der Waals surface area contributed by atoms with E-state index in [0.29, 0.717) is 6.54 Å². The van der Waals surface area contributed by atoms with Crippen molar-refractivity contribution in [2.24, 2.45) is 5.92 Å². The molecule has 1 heterocycles. The van der Waals surface area contributed by atoms with Crippen molar-refractivity contribution < 1.29 is 13.5 Å². The maximum Gasteiger partial charge on any atom is 0.246 e. The molecule has 0 aromatic carbocycles. The smallest absolute Gasteiger partial charge is 0.246 e. The zero-order valence-corrected chi connectivity index (χ0v) is 12.3. The van der Waals surface area contributed by atoms with E-state index in [1.54, 1.807) is 0 Å². The molecule has 1 unspecified atom stereocenters. The van der Waals surface area contributed by atoms with Crippen molar-refractivity contribution in [1.29, 1.82) is 0 Å². The third kappa shape index (κ3) is 3.92. The number of aromatic nitrogens is 2. The summed E-state index contributed by atoms with van der Waals surface area (Å²) in [5.74, 6) is -0.0481. The molecule has 0 radical (unpaired) electrons. The average Bonchev–Trinajstić information content (AvgIpc) is 2.68. The molecule has 7 nitrogen and oxygen atoms in total. The van der Waals surface area contributed by atoms with E-state index in [-0.39, 0.29) is 23.2 Å². The second-order valence-electron chi connectivity index (χ2n) is 4.80. The lowest BCUT2D eigenvalue weighted by atomic mass is 10.1. The first-order valence-electron chi connectivity index (χ1n) is 6.28. The van der Waals surface area contributed by atoms with Crippen LogP contribution < -0.4 is 10.5 Å². The van der Waals surface area contributed by atoms with E-state index in [9.17, 15) is 13.5 Å². The molecule has 8 heteroatoms. The van der Waals surface area contributed by atoms with E-state index < -0.39 is 16.1 Å². The number of sulfonamides is 1. The highest BCUT2D eigenvalue weighted by Crippen LogP contribution is 2.17. The van der Waals surface area contributed by atoms with E-state index in [0.717, 1.165) is 6.42 Å². The molecule has 0 spiro atoms. The Morgan fingerprint density at radius 3 is 2.63 bits per heavy atom. The van der Waals surface area contributed by atoms with Crippen molar-refractivity contribution >= 4 is 15.8 Å². The predicted molar refractivity (Wildman–Crippen MR) is 73.0 cm³/mol. The highest BCUT2D eigenvalue weighted by molar-refractivity contribution is 7.89. The summed E-state index contributed by atoms with van der Waals surface area (Å²) >= 11 is 0. The number of aliphatic hydroxyl groups excluding tert-OH is 1. The van der Waals surface area contributed by atoms with Gasteiger partial charge in [0.05, 0.1) is 6.61 Å². The van der Waals surface area contributed by atoms with Gasteiger partial charge in [-0.25, -0.2) is 13.1 Å². The fraction of sp³-hybridized carbons (Fsp3) is 0.727. The Bertz CT molecular complexity index is 510. The summed E-state index contributed by atoms with van der Waals surface area (Å²) in [7, 11) is -3.76. The Morgan fingerprint density at radius 1 is 1.53 bits per heavy atom. The van der Waals surface area contributed by atoms with Gasteiger partial charge in [-0.05, 0) is 12.3 Å². The first-order valence-corrected chi connectivity index (χ1v) is 7.76. The number of anilines is 1. The summed E-state index contributed by atoms with van der Waals surface area (Å²) in [6.45, 7) is 5.96. The van der Waals surface area contributed by atoms with Gasteiger partial charge in [0, 0.05) is 18.8 Å². The van der Waals surface area contributed by atoms with E-state index >= 15 is 0 Å². The number of aliphatic hydroxyl groups is 1. The minimum absolute atomic E-state index is 0.0216. The lowest BCUT2D eigenvalue weighted by molar-refractivity contribution is 0.227. The van der Waals surface area contributed by atoms with Gasteiger partial charge in [-0.3, -0.25) is 4.68 Å². The van der Waals surface area contributed by atoms with Gasteiger partial charge in [0.1, 0.15) is 4.90 Å². The quantitative estimate of drug-likeness (QED) is 0.663. The minimum atomic E-state index is -3.76. The minimum Gasteiger partial charge on any atom is -0.395 e. The Balaban J connectivity index is 2.99. The van der Waals surface area contributed by atoms with Crippen molar-refractivity contribution in [1.82, 2.24) is 14.5 Å². The molecule has 0 saturated carbocycles. The van der Waals surface area contributed by atoms with E-state index in [4.69, 9.17) is 5.73 Å². The largest absolute Gasteiger partial charge is 0.395 e. The summed E-state index contributed by atoms with van der Waals surface area (Å²) in [5, 5.41) is 13.1. The van der Waals surface area contributed by atoms with Crippen LogP contribution in [-0.2, 0) is 16.6 Å². The maximum absolute atomic E-state index is 12.2. The normalized spacial score (nSPS) is 13.9. The average molecular weight is 290 g/mol. The highest BCUT2D eigenvalue weighted by Gasteiger charge is 2.25. The third-order valence-corrected chi connectivity index (χ3v) is 4.31. The third-order valence-electron chi connectivity index (χ3n) is 2.81. The Labute approximate surface area is 113 Å². The van der Waals surface area contributed by atoms with Gasteiger partial charge < -0.3 is 10.8 Å². The molecule has 0 aliphatic rings. The number of hydrogen-bond donors (Lipinski definition) is 3. The van der Waals surface area contributed by atoms with Crippen LogP contribution in [0, 0.1) is 5.92 Å². The Hall–Kier alpha value is -1.12. The van der Waals surface area contributed by atoms with Gasteiger partial charge in [0.2, 0.25) is 10.0 Å². The zero-order valence-electron chi connectivity index (χ0n) is 11.5. The molecule has 1 aromatic rings. The van der Waals surface area contributed by atoms with Crippen molar-refractivity contribution in [3.8, 4) is 0 Å². The molecule has 1 aromatic heterocycles. The van der Waals surface area contributed by atoms with Gasteiger partial charge in [0.15, 0.2) is 5.82 Å². The van der Waals surface area contributed by atoms with Gasteiger partial charge in [-0.15, -0.1) is 0 Å². The van der Waals surface area contributed by atoms with Crippen LogP contribution in [-0.4, -0.2) is 36.0 Å². The molecule has 0 amide bonds. The number of nitrogens with zero attached hydrogens (tertiary/aromatic N) is 2. The van der Waals surface area contributed by atoms with Crippen molar-refractivity contribution in [3.63, 3.8) is 0 Å². The molecule has 4 N–H and O–H groups in total. The summed E-state index contributed by atoms with van der Waals surface area (Å²) < 4.78 is 28.3. The number of hydrogen-bond acceptors (Lipinski definition) is 5. The molecule has 110 valence electrons. The van der Waals surface area contributed by atoms with Crippen LogP contribution in [0.25, 0.3) is 0 Å². The maximum atomic E-state index is 12.2. The van der Waals surface area contributed by atoms with Crippen LogP contribution in [0.1, 0.15) is 27.2 Å². The Morgan fingerprint density at radius 2 is 2.16 bits per heavy atom.